The first kappa shape index (κ1) is 17.4. The fraction of sp³-hybridized carbons (Fsp3) is 0.261. The lowest BCUT2D eigenvalue weighted by Crippen LogP contribution is -2.21. The van der Waals surface area contributed by atoms with E-state index in [1.807, 2.05) is 12.3 Å². The molecule has 25 heavy (non-hydrogen) atoms. The van der Waals surface area contributed by atoms with E-state index in [-0.39, 0.29) is 0 Å². The molecule has 3 rings (SSSR count). The molecular weight excluding hydrogens is 304 g/mol. The number of hydrogen-bond acceptors (Lipinski definition) is 2. The van der Waals surface area contributed by atoms with Crippen LogP contribution < -0.4 is 5.32 Å². The summed E-state index contributed by atoms with van der Waals surface area (Å²) < 4.78 is 0. The molecule has 1 aromatic heterocycles. The SMILES string of the molecule is Cc1ncccc1CNC(CCCc1ccccc1)c1ccccc1. The van der Waals surface area contributed by atoms with Crippen LogP contribution in [0.2, 0.25) is 0 Å². The molecule has 0 saturated heterocycles. The molecule has 1 N–H and O–H groups in total. The second kappa shape index (κ2) is 9.14. The van der Waals surface area contributed by atoms with E-state index >= 15 is 0 Å². The maximum absolute atomic E-state index is 4.39. The monoisotopic (exact) mass is 330 g/mol. The van der Waals surface area contributed by atoms with Crippen LogP contribution in [0.15, 0.2) is 79.0 Å². The molecule has 0 fully saturated rings. The summed E-state index contributed by atoms with van der Waals surface area (Å²) in [6, 6.07) is 26.0. The largest absolute Gasteiger partial charge is 0.306 e. The maximum Gasteiger partial charge on any atom is 0.0417 e. The molecule has 0 bridgehead atoms. The van der Waals surface area contributed by atoms with Gasteiger partial charge in [0.1, 0.15) is 0 Å². The van der Waals surface area contributed by atoms with Gasteiger partial charge in [-0.15, -0.1) is 0 Å². The zero-order valence-electron chi connectivity index (χ0n) is 14.9. The summed E-state index contributed by atoms with van der Waals surface area (Å²) in [6.07, 6.45) is 5.27. The van der Waals surface area contributed by atoms with Gasteiger partial charge >= 0.3 is 0 Å². The third-order valence-electron chi connectivity index (χ3n) is 4.66. The second-order valence-electron chi connectivity index (χ2n) is 6.47. The summed E-state index contributed by atoms with van der Waals surface area (Å²) in [5.41, 5.74) is 5.15. The third-order valence-corrected chi connectivity index (χ3v) is 4.66. The summed E-state index contributed by atoms with van der Waals surface area (Å²) in [5.74, 6) is 0. The Balaban J connectivity index is 1.62. The molecule has 1 atom stereocenters. The van der Waals surface area contributed by atoms with Crippen molar-refractivity contribution >= 4 is 0 Å². The number of aryl methyl sites for hydroxylation is 2. The van der Waals surface area contributed by atoms with Crippen molar-refractivity contribution in [3.63, 3.8) is 0 Å². The average molecular weight is 330 g/mol. The van der Waals surface area contributed by atoms with Gasteiger partial charge in [0.25, 0.3) is 0 Å². The van der Waals surface area contributed by atoms with Crippen molar-refractivity contribution in [1.29, 1.82) is 0 Å². The minimum absolute atomic E-state index is 0.365. The Hall–Kier alpha value is -2.45. The van der Waals surface area contributed by atoms with Crippen molar-refractivity contribution in [2.75, 3.05) is 0 Å². The normalized spacial score (nSPS) is 12.0. The number of hydrogen-bond donors (Lipinski definition) is 1. The molecule has 0 amide bonds. The fourth-order valence-corrected chi connectivity index (χ4v) is 3.16. The molecule has 2 nitrogen and oxygen atoms in total. The first-order valence-electron chi connectivity index (χ1n) is 9.05. The molecule has 1 heterocycles. The summed E-state index contributed by atoms with van der Waals surface area (Å²) >= 11 is 0. The van der Waals surface area contributed by atoms with Crippen LogP contribution in [0.3, 0.4) is 0 Å². The van der Waals surface area contributed by atoms with Crippen LogP contribution >= 0.6 is 0 Å². The molecule has 0 saturated carbocycles. The van der Waals surface area contributed by atoms with Gasteiger partial charge in [-0.2, -0.15) is 0 Å². The predicted octanol–water partition coefficient (Wildman–Crippen LogP) is 5.24. The summed E-state index contributed by atoms with van der Waals surface area (Å²) in [7, 11) is 0. The quantitative estimate of drug-likeness (QED) is 0.610. The molecule has 0 radical (unpaired) electrons. The van der Waals surface area contributed by atoms with Crippen molar-refractivity contribution < 1.29 is 0 Å². The standard InChI is InChI=1S/C23H26N2/c1-19-22(15-9-17-24-19)18-25-23(21-13-6-3-7-14-21)16-8-12-20-10-4-2-5-11-20/h2-7,9-11,13-15,17,23,25H,8,12,16,18H2,1H3. The maximum atomic E-state index is 4.39. The van der Waals surface area contributed by atoms with Crippen LogP contribution in [-0.4, -0.2) is 4.98 Å². The molecule has 0 aliphatic carbocycles. The van der Waals surface area contributed by atoms with Crippen LogP contribution in [0.1, 0.15) is 41.3 Å². The van der Waals surface area contributed by atoms with Gasteiger partial charge in [-0.25, -0.2) is 0 Å². The van der Waals surface area contributed by atoms with Gasteiger partial charge in [0.2, 0.25) is 0 Å². The van der Waals surface area contributed by atoms with Crippen molar-refractivity contribution in [3.05, 3.63) is 101 Å². The highest BCUT2D eigenvalue weighted by Crippen LogP contribution is 2.20. The second-order valence-corrected chi connectivity index (χ2v) is 6.47. The minimum atomic E-state index is 0.365. The van der Waals surface area contributed by atoms with Crippen LogP contribution in [0.25, 0.3) is 0 Å². The lowest BCUT2D eigenvalue weighted by Gasteiger charge is -2.20. The molecule has 0 aliphatic rings. The average Bonchev–Trinajstić information content (AvgIpc) is 2.67. The van der Waals surface area contributed by atoms with E-state index in [1.54, 1.807) is 0 Å². The Morgan fingerprint density at radius 1 is 0.880 bits per heavy atom. The van der Waals surface area contributed by atoms with E-state index < -0.39 is 0 Å². The Morgan fingerprint density at radius 2 is 1.60 bits per heavy atom. The molecule has 2 aromatic carbocycles. The minimum Gasteiger partial charge on any atom is -0.306 e. The van der Waals surface area contributed by atoms with Crippen molar-refractivity contribution in [1.82, 2.24) is 10.3 Å². The lowest BCUT2D eigenvalue weighted by atomic mass is 9.98. The molecule has 0 spiro atoms. The topological polar surface area (TPSA) is 24.9 Å². The first-order chi connectivity index (χ1) is 12.3. The molecule has 3 aromatic rings. The predicted molar refractivity (Wildman–Crippen MR) is 104 cm³/mol. The van der Waals surface area contributed by atoms with Gasteiger partial charge in [0, 0.05) is 24.5 Å². The highest BCUT2D eigenvalue weighted by molar-refractivity contribution is 5.21. The Labute approximate surface area is 151 Å². The van der Waals surface area contributed by atoms with Crippen LogP contribution in [-0.2, 0) is 13.0 Å². The lowest BCUT2D eigenvalue weighted by molar-refractivity contribution is 0.482. The van der Waals surface area contributed by atoms with Crippen LogP contribution in [0.4, 0.5) is 0 Å². The highest BCUT2D eigenvalue weighted by Gasteiger charge is 2.11. The number of nitrogens with one attached hydrogen (secondary N) is 1. The number of nitrogens with zero attached hydrogens (tertiary/aromatic N) is 1. The summed E-state index contributed by atoms with van der Waals surface area (Å²) in [4.78, 5) is 4.39. The summed E-state index contributed by atoms with van der Waals surface area (Å²) in [6.45, 7) is 2.93. The Bertz CT molecular complexity index is 753. The van der Waals surface area contributed by atoms with E-state index in [0.29, 0.717) is 6.04 Å². The van der Waals surface area contributed by atoms with Gasteiger partial charge in [-0.05, 0) is 48.9 Å². The molecule has 1 unspecified atom stereocenters. The number of benzene rings is 2. The van der Waals surface area contributed by atoms with Gasteiger partial charge in [0.05, 0.1) is 0 Å². The van der Waals surface area contributed by atoms with Gasteiger partial charge < -0.3 is 5.32 Å². The Morgan fingerprint density at radius 3 is 2.32 bits per heavy atom. The number of pyridine rings is 1. The van der Waals surface area contributed by atoms with Gasteiger partial charge in [0.15, 0.2) is 0 Å². The van der Waals surface area contributed by atoms with E-state index in [9.17, 15) is 0 Å². The zero-order chi connectivity index (χ0) is 17.3. The highest BCUT2D eigenvalue weighted by atomic mass is 14.9. The van der Waals surface area contributed by atoms with Crippen LogP contribution in [0.5, 0.6) is 0 Å². The first-order valence-corrected chi connectivity index (χ1v) is 9.05. The summed E-state index contributed by atoms with van der Waals surface area (Å²) in [5, 5.41) is 3.74. The third kappa shape index (κ3) is 5.27. The van der Waals surface area contributed by atoms with Crippen molar-refractivity contribution in [2.24, 2.45) is 0 Å². The molecule has 0 aliphatic heterocycles. The van der Waals surface area contributed by atoms with Crippen molar-refractivity contribution in [2.45, 2.75) is 38.8 Å². The van der Waals surface area contributed by atoms with E-state index in [1.165, 1.54) is 23.1 Å². The fourth-order valence-electron chi connectivity index (χ4n) is 3.16. The number of rotatable bonds is 8. The number of aromatic nitrogens is 1. The van der Waals surface area contributed by atoms with Gasteiger partial charge in [-0.3, -0.25) is 4.98 Å². The van der Waals surface area contributed by atoms with E-state index in [2.05, 4.69) is 84.0 Å². The molecule has 128 valence electrons. The molecule has 2 heteroatoms. The zero-order valence-corrected chi connectivity index (χ0v) is 14.9. The van der Waals surface area contributed by atoms with E-state index in [4.69, 9.17) is 0 Å². The van der Waals surface area contributed by atoms with E-state index in [0.717, 1.165) is 25.1 Å². The molecular formula is C23H26N2. The van der Waals surface area contributed by atoms with Gasteiger partial charge in [-0.1, -0.05) is 66.7 Å². The smallest absolute Gasteiger partial charge is 0.0417 e. The van der Waals surface area contributed by atoms with Crippen molar-refractivity contribution in [3.8, 4) is 0 Å². The van der Waals surface area contributed by atoms with Crippen LogP contribution in [0, 0.1) is 6.92 Å². The Kier molecular flexibility index (Phi) is 6.35.